The van der Waals surface area contributed by atoms with Gasteiger partial charge in [-0.05, 0) is 34.2 Å². The molecule has 1 fully saturated rings. The zero-order valence-electron chi connectivity index (χ0n) is 20.3. The van der Waals surface area contributed by atoms with E-state index in [1.165, 1.54) is 24.1 Å². The summed E-state index contributed by atoms with van der Waals surface area (Å²) in [4.78, 5) is 38.8. The molecule has 3 aromatic rings. The summed E-state index contributed by atoms with van der Waals surface area (Å²) in [7, 11) is 0. The molecule has 0 aliphatic carbocycles. The minimum absolute atomic E-state index is 0.190. The van der Waals surface area contributed by atoms with E-state index in [2.05, 4.69) is 10.3 Å². The minimum atomic E-state index is -0.595. The SMILES string of the molecule is CC(=O)NC[C@H]1CN(c2ccc(-c3ccc(COC4COc5nc([N+](=O)[O-])cn5C4)cc3)c(F)c2)C(=O)O1. The predicted octanol–water partition coefficient (Wildman–Crippen LogP) is 3.04. The van der Waals surface area contributed by atoms with Gasteiger partial charge in [0, 0.05) is 17.5 Å². The average molecular weight is 525 g/mol. The highest BCUT2D eigenvalue weighted by Gasteiger charge is 2.33. The molecule has 0 radical (unpaired) electrons. The number of aromatic nitrogens is 2. The molecule has 13 heteroatoms. The lowest BCUT2D eigenvalue weighted by Gasteiger charge is -2.22. The van der Waals surface area contributed by atoms with Gasteiger partial charge in [-0.1, -0.05) is 24.3 Å². The fraction of sp³-hybridized carbons (Fsp3) is 0.320. The number of fused-ring (bicyclic) bond motifs is 1. The van der Waals surface area contributed by atoms with Gasteiger partial charge in [0.05, 0.1) is 31.9 Å². The number of hydrogen-bond acceptors (Lipinski definition) is 8. The lowest BCUT2D eigenvalue weighted by molar-refractivity contribution is -0.389. The van der Waals surface area contributed by atoms with Crippen molar-refractivity contribution in [3.8, 4) is 17.1 Å². The van der Waals surface area contributed by atoms with Gasteiger partial charge in [0.1, 0.15) is 30.8 Å². The Morgan fingerprint density at radius 1 is 1.26 bits per heavy atom. The van der Waals surface area contributed by atoms with Crippen LogP contribution >= 0.6 is 0 Å². The van der Waals surface area contributed by atoms with Crippen molar-refractivity contribution in [2.24, 2.45) is 0 Å². The second-order valence-electron chi connectivity index (χ2n) is 8.95. The summed E-state index contributed by atoms with van der Waals surface area (Å²) in [5, 5.41) is 13.5. The standard InChI is InChI=1S/C25H24FN5O7/c1-15(32)27-9-19-11-30(25(33)38-19)18-6-7-21(22(26)8-18)17-4-2-16(3-5-17)13-36-20-10-29-12-23(31(34)35)28-24(29)37-14-20/h2-8,12,19-20H,9-11,13-14H2,1H3,(H,27,32)/t19-,20?/m0/s1. The largest absolute Gasteiger partial charge is 0.443 e. The van der Waals surface area contributed by atoms with Crippen molar-refractivity contribution >= 4 is 23.5 Å². The first-order valence-corrected chi connectivity index (χ1v) is 11.8. The second kappa shape index (κ2) is 10.5. The van der Waals surface area contributed by atoms with Gasteiger partial charge in [-0.2, -0.15) is 0 Å². The number of imidazole rings is 1. The van der Waals surface area contributed by atoms with Crippen molar-refractivity contribution in [3.05, 3.63) is 70.2 Å². The van der Waals surface area contributed by atoms with Gasteiger partial charge in [0.15, 0.2) is 0 Å². The van der Waals surface area contributed by atoms with Crippen LogP contribution in [0.15, 0.2) is 48.7 Å². The van der Waals surface area contributed by atoms with Crippen molar-refractivity contribution in [1.29, 1.82) is 0 Å². The third kappa shape index (κ3) is 5.42. The molecule has 2 aliphatic heterocycles. The van der Waals surface area contributed by atoms with E-state index in [9.17, 15) is 19.7 Å². The van der Waals surface area contributed by atoms with Crippen LogP contribution in [0.4, 0.5) is 20.7 Å². The third-order valence-electron chi connectivity index (χ3n) is 6.18. The fourth-order valence-corrected chi connectivity index (χ4v) is 4.26. The lowest BCUT2D eigenvalue weighted by Crippen LogP contribution is -2.33. The third-order valence-corrected chi connectivity index (χ3v) is 6.18. The maximum absolute atomic E-state index is 15.0. The highest BCUT2D eigenvalue weighted by Crippen LogP contribution is 2.30. The van der Waals surface area contributed by atoms with Gasteiger partial charge < -0.3 is 29.6 Å². The quantitative estimate of drug-likeness (QED) is 0.350. The average Bonchev–Trinajstić information content (AvgIpc) is 3.49. The van der Waals surface area contributed by atoms with Crippen LogP contribution in [0.25, 0.3) is 11.1 Å². The predicted molar refractivity (Wildman–Crippen MR) is 131 cm³/mol. The van der Waals surface area contributed by atoms with Gasteiger partial charge in [-0.15, -0.1) is 0 Å². The number of anilines is 1. The monoisotopic (exact) mass is 525 g/mol. The number of nitrogens with one attached hydrogen (secondary N) is 1. The molecule has 2 aromatic carbocycles. The van der Waals surface area contributed by atoms with Crippen LogP contribution in [0.3, 0.4) is 0 Å². The molecule has 2 aliphatic rings. The first-order chi connectivity index (χ1) is 18.3. The Bertz CT molecular complexity index is 1380. The number of carbonyl (C=O) groups is 2. The van der Waals surface area contributed by atoms with Gasteiger partial charge in [-0.3, -0.25) is 14.3 Å². The van der Waals surface area contributed by atoms with E-state index in [1.54, 1.807) is 28.8 Å². The molecule has 3 heterocycles. The van der Waals surface area contributed by atoms with Crippen molar-refractivity contribution in [2.75, 3.05) is 24.6 Å². The molecule has 1 saturated heterocycles. The number of nitro groups is 1. The number of hydrogen-bond donors (Lipinski definition) is 1. The summed E-state index contributed by atoms with van der Waals surface area (Å²) in [5.41, 5.74) is 2.26. The number of ether oxygens (including phenoxy) is 3. The molecule has 5 rings (SSSR count). The summed E-state index contributed by atoms with van der Waals surface area (Å²) in [6.07, 6.45) is -0.0978. The van der Waals surface area contributed by atoms with E-state index in [0.717, 1.165) is 5.56 Å². The number of benzene rings is 2. The number of rotatable bonds is 8. The first kappa shape index (κ1) is 25.1. The second-order valence-corrected chi connectivity index (χ2v) is 8.95. The molecule has 0 bridgehead atoms. The van der Waals surface area contributed by atoms with Gasteiger partial charge in [-0.25, -0.2) is 9.18 Å². The van der Waals surface area contributed by atoms with E-state index in [-0.39, 0.29) is 50.1 Å². The Hall–Kier alpha value is -4.52. The molecule has 38 heavy (non-hydrogen) atoms. The molecule has 0 saturated carbocycles. The molecule has 1 N–H and O–H groups in total. The zero-order valence-corrected chi connectivity index (χ0v) is 20.3. The number of carbonyl (C=O) groups excluding carboxylic acids is 2. The Morgan fingerprint density at radius 2 is 2.05 bits per heavy atom. The lowest BCUT2D eigenvalue weighted by atomic mass is 10.0. The summed E-state index contributed by atoms with van der Waals surface area (Å²) in [6, 6.07) is 11.9. The minimum Gasteiger partial charge on any atom is -0.443 e. The van der Waals surface area contributed by atoms with Crippen LogP contribution < -0.4 is 15.0 Å². The number of amides is 2. The summed E-state index contributed by atoms with van der Waals surface area (Å²) >= 11 is 0. The zero-order chi connectivity index (χ0) is 26.8. The maximum atomic E-state index is 15.0. The van der Waals surface area contributed by atoms with E-state index in [0.29, 0.717) is 23.4 Å². The summed E-state index contributed by atoms with van der Waals surface area (Å²) < 4.78 is 33.2. The topological polar surface area (TPSA) is 138 Å². The van der Waals surface area contributed by atoms with Crippen molar-refractivity contribution < 1.29 is 33.1 Å². The Balaban J connectivity index is 1.18. The van der Waals surface area contributed by atoms with Crippen LogP contribution in [0, 0.1) is 15.9 Å². The highest BCUT2D eigenvalue weighted by atomic mass is 19.1. The fourth-order valence-electron chi connectivity index (χ4n) is 4.26. The van der Waals surface area contributed by atoms with Crippen molar-refractivity contribution in [2.45, 2.75) is 32.3 Å². The number of cyclic esters (lactones) is 1. The van der Waals surface area contributed by atoms with Crippen LogP contribution in [0.2, 0.25) is 0 Å². The van der Waals surface area contributed by atoms with E-state index in [1.807, 2.05) is 12.1 Å². The van der Waals surface area contributed by atoms with Crippen LogP contribution in [0.1, 0.15) is 12.5 Å². The van der Waals surface area contributed by atoms with Gasteiger partial charge in [0.2, 0.25) is 5.91 Å². The van der Waals surface area contributed by atoms with Crippen molar-refractivity contribution in [3.63, 3.8) is 0 Å². The highest BCUT2D eigenvalue weighted by molar-refractivity contribution is 5.90. The molecule has 2 atom stereocenters. The van der Waals surface area contributed by atoms with E-state index in [4.69, 9.17) is 14.2 Å². The Morgan fingerprint density at radius 3 is 2.76 bits per heavy atom. The molecule has 12 nitrogen and oxygen atoms in total. The summed E-state index contributed by atoms with van der Waals surface area (Å²) in [6.45, 7) is 2.65. The van der Waals surface area contributed by atoms with Gasteiger partial charge >= 0.3 is 17.9 Å². The van der Waals surface area contributed by atoms with Crippen LogP contribution in [-0.2, 0) is 27.4 Å². The van der Waals surface area contributed by atoms with Gasteiger partial charge in [0.25, 0.3) is 0 Å². The number of halogens is 1. The first-order valence-electron chi connectivity index (χ1n) is 11.8. The maximum Gasteiger partial charge on any atom is 0.414 e. The molecule has 1 aromatic heterocycles. The van der Waals surface area contributed by atoms with Crippen molar-refractivity contribution in [1.82, 2.24) is 14.9 Å². The molecule has 198 valence electrons. The Labute approximate surface area is 216 Å². The number of nitrogens with zero attached hydrogens (tertiary/aromatic N) is 4. The Kier molecular flexibility index (Phi) is 6.92. The molecule has 0 spiro atoms. The van der Waals surface area contributed by atoms with E-state index < -0.39 is 22.9 Å². The molecular formula is C25H24FN5O7. The smallest absolute Gasteiger partial charge is 0.414 e. The van der Waals surface area contributed by atoms with E-state index >= 15 is 4.39 Å². The molecule has 1 unspecified atom stereocenters. The molecule has 2 amide bonds. The normalized spacial score (nSPS) is 18.5. The summed E-state index contributed by atoms with van der Waals surface area (Å²) in [5.74, 6) is -0.992. The molecular weight excluding hydrogens is 501 g/mol. The van der Waals surface area contributed by atoms with Crippen LogP contribution in [0.5, 0.6) is 6.01 Å². The van der Waals surface area contributed by atoms with Crippen LogP contribution in [-0.4, -0.2) is 58.4 Å².